The number of hydrogen-bond acceptors (Lipinski definition) is 5. The van der Waals surface area contributed by atoms with Crippen LogP contribution in [0.4, 0.5) is 0 Å². The van der Waals surface area contributed by atoms with Crippen molar-refractivity contribution in [1.29, 1.82) is 5.26 Å². The molecule has 1 N–H and O–H groups in total. The van der Waals surface area contributed by atoms with Crippen molar-refractivity contribution in [2.45, 2.75) is 18.1 Å². The molecule has 0 saturated carbocycles. The highest BCUT2D eigenvalue weighted by Crippen LogP contribution is 2.52. The van der Waals surface area contributed by atoms with Crippen molar-refractivity contribution in [2.24, 2.45) is 0 Å². The maximum Gasteiger partial charge on any atom is 0.231 e. The Kier molecular flexibility index (Phi) is 3.72. The van der Waals surface area contributed by atoms with Gasteiger partial charge in [0.2, 0.25) is 5.91 Å². The van der Waals surface area contributed by atoms with Gasteiger partial charge in [-0.1, -0.05) is 36.4 Å². The van der Waals surface area contributed by atoms with Crippen LogP contribution in [0.25, 0.3) is 0 Å². The number of thioether (sulfide) groups is 1. The molecule has 1 aromatic carbocycles. The van der Waals surface area contributed by atoms with Crippen molar-refractivity contribution in [3.63, 3.8) is 0 Å². The van der Waals surface area contributed by atoms with Gasteiger partial charge in [-0.25, -0.2) is 0 Å². The van der Waals surface area contributed by atoms with Crippen molar-refractivity contribution in [3.05, 3.63) is 68.9 Å². The third-order valence-electron chi connectivity index (χ3n) is 4.43. The quantitative estimate of drug-likeness (QED) is 0.898. The molecule has 2 aliphatic rings. The van der Waals surface area contributed by atoms with Crippen molar-refractivity contribution in [2.75, 3.05) is 5.75 Å². The molecule has 2 atom stereocenters. The summed E-state index contributed by atoms with van der Waals surface area (Å²) in [5.74, 6) is -0.0152. The summed E-state index contributed by atoms with van der Waals surface area (Å²) in [4.78, 5) is 15.3. The summed E-state index contributed by atoms with van der Waals surface area (Å²) in [7, 11) is 0. The maximum atomic E-state index is 12.8. The summed E-state index contributed by atoms with van der Waals surface area (Å²) in [5, 5.41) is 23.4. The third-order valence-corrected chi connectivity index (χ3v) is 6.64. The van der Waals surface area contributed by atoms with E-state index in [0.717, 1.165) is 4.88 Å². The highest BCUT2D eigenvalue weighted by atomic mass is 32.2. The van der Waals surface area contributed by atoms with Gasteiger partial charge in [0.05, 0.1) is 22.4 Å². The Labute approximate surface area is 148 Å². The van der Waals surface area contributed by atoms with Crippen molar-refractivity contribution in [1.82, 2.24) is 4.90 Å². The molecule has 0 aliphatic carbocycles. The Morgan fingerprint density at radius 1 is 1.25 bits per heavy atom. The molecule has 1 aromatic heterocycles. The number of fused-ring (bicyclic) bond motifs is 1. The van der Waals surface area contributed by atoms with Crippen LogP contribution in [0.5, 0.6) is 0 Å². The minimum atomic E-state index is -1.39. The fourth-order valence-electron chi connectivity index (χ4n) is 3.28. The zero-order valence-corrected chi connectivity index (χ0v) is 14.3. The Morgan fingerprint density at radius 2 is 2.04 bits per heavy atom. The first-order chi connectivity index (χ1) is 11.6. The Balaban J connectivity index is 1.83. The molecule has 4 rings (SSSR count). The van der Waals surface area contributed by atoms with E-state index in [1.165, 1.54) is 16.7 Å². The number of nitriles is 1. The van der Waals surface area contributed by atoms with Gasteiger partial charge >= 0.3 is 0 Å². The third kappa shape index (κ3) is 2.20. The molecule has 0 radical (unpaired) electrons. The fourth-order valence-corrected chi connectivity index (χ4v) is 5.47. The van der Waals surface area contributed by atoms with Crippen LogP contribution in [0, 0.1) is 11.3 Å². The Bertz CT molecular complexity index is 855. The van der Waals surface area contributed by atoms with Gasteiger partial charge in [0.25, 0.3) is 0 Å². The number of nitrogens with zero attached hydrogens (tertiary/aromatic N) is 2. The molecule has 6 heteroatoms. The zero-order chi connectivity index (χ0) is 16.7. The minimum absolute atomic E-state index is 0.140. The molecular formula is C18H14N2O2S2. The summed E-state index contributed by atoms with van der Waals surface area (Å²) in [5.41, 5.74) is -0.137. The highest BCUT2D eigenvalue weighted by Gasteiger charge is 2.51. The second-order valence-corrected chi connectivity index (χ2v) is 7.75. The van der Waals surface area contributed by atoms with Crippen LogP contribution >= 0.6 is 23.1 Å². The summed E-state index contributed by atoms with van der Waals surface area (Å²) >= 11 is 2.94. The van der Waals surface area contributed by atoms with E-state index in [1.807, 2.05) is 47.8 Å². The number of thiophene rings is 1. The van der Waals surface area contributed by atoms with E-state index < -0.39 is 5.72 Å². The van der Waals surface area contributed by atoms with Crippen LogP contribution in [0.3, 0.4) is 0 Å². The van der Waals surface area contributed by atoms with Crippen molar-refractivity contribution >= 4 is 29.0 Å². The Hall–Kier alpha value is -2.07. The number of carbonyl (C=O) groups is 1. The van der Waals surface area contributed by atoms with E-state index in [9.17, 15) is 15.2 Å². The molecule has 0 unspecified atom stereocenters. The summed E-state index contributed by atoms with van der Waals surface area (Å²) in [6.07, 6.45) is 0.211. The number of rotatable bonds is 2. The molecule has 0 spiro atoms. The van der Waals surface area contributed by atoms with Gasteiger partial charge in [-0.2, -0.15) is 5.26 Å². The first-order valence-corrected chi connectivity index (χ1v) is 9.43. The molecule has 2 aromatic rings. The second-order valence-electron chi connectivity index (χ2n) is 5.80. The van der Waals surface area contributed by atoms with Crippen LogP contribution in [-0.2, 0) is 10.5 Å². The normalized spacial score (nSPS) is 26.4. The summed E-state index contributed by atoms with van der Waals surface area (Å²) in [6, 6.07) is 15.4. The van der Waals surface area contributed by atoms with Gasteiger partial charge in [-0.3, -0.25) is 9.69 Å². The van der Waals surface area contributed by atoms with Crippen LogP contribution in [0.2, 0.25) is 0 Å². The predicted molar refractivity (Wildman–Crippen MR) is 94.0 cm³/mol. The van der Waals surface area contributed by atoms with Gasteiger partial charge in [-0.15, -0.1) is 23.1 Å². The molecular weight excluding hydrogens is 340 g/mol. The standard InChI is InChI=1S/C18H14N2O2S2/c19-10-14-13(15-7-4-8-23-15)9-16(21)20-17(14)24-11-18(20,22)12-5-2-1-3-6-12/h1-8,13,22H,9,11H2/t13-,18+/m0/s1. The lowest BCUT2D eigenvalue weighted by Crippen LogP contribution is -2.48. The second kappa shape index (κ2) is 5.78. The average molecular weight is 354 g/mol. The highest BCUT2D eigenvalue weighted by molar-refractivity contribution is 8.03. The molecule has 2 aliphatic heterocycles. The van der Waals surface area contributed by atoms with E-state index in [-0.39, 0.29) is 18.2 Å². The number of amides is 1. The molecule has 120 valence electrons. The van der Waals surface area contributed by atoms with Gasteiger partial charge in [-0.05, 0) is 11.4 Å². The van der Waals surface area contributed by atoms with Crippen molar-refractivity contribution < 1.29 is 9.90 Å². The lowest BCUT2D eigenvalue weighted by Gasteiger charge is -2.37. The minimum Gasteiger partial charge on any atom is -0.366 e. The molecule has 24 heavy (non-hydrogen) atoms. The van der Waals surface area contributed by atoms with E-state index in [2.05, 4.69) is 6.07 Å². The van der Waals surface area contributed by atoms with Crippen LogP contribution in [0.15, 0.2) is 58.4 Å². The van der Waals surface area contributed by atoms with Crippen LogP contribution < -0.4 is 0 Å². The van der Waals surface area contributed by atoms with Gasteiger partial charge in [0.15, 0.2) is 5.72 Å². The fraction of sp³-hybridized carbons (Fsp3) is 0.222. The molecule has 1 fully saturated rings. The monoisotopic (exact) mass is 354 g/mol. The van der Waals surface area contributed by atoms with Crippen LogP contribution in [0.1, 0.15) is 22.8 Å². The lowest BCUT2D eigenvalue weighted by molar-refractivity contribution is -0.149. The van der Waals surface area contributed by atoms with E-state index in [0.29, 0.717) is 21.9 Å². The largest absolute Gasteiger partial charge is 0.366 e. The SMILES string of the molecule is N#CC1=C2SC[C@@](O)(c3ccccc3)N2C(=O)C[C@@H]1c1cccs1. The predicted octanol–water partition coefficient (Wildman–Crippen LogP) is 3.39. The van der Waals surface area contributed by atoms with Crippen molar-refractivity contribution in [3.8, 4) is 6.07 Å². The summed E-state index contributed by atoms with van der Waals surface area (Å²) in [6.45, 7) is 0. The molecule has 1 amide bonds. The topological polar surface area (TPSA) is 64.3 Å². The number of benzene rings is 1. The molecule has 0 bridgehead atoms. The van der Waals surface area contributed by atoms with Crippen LogP contribution in [-0.4, -0.2) is 21.7 Å². The molecule has 4 nitrogen and oxygen atoms in total. The van der Waals surface area contributed by atoms with E-state index >= 15 is 0 Å². The lowest BCUT2D eigenvalue weighted by atomic mass is 9.90. The Morgan fingerprint density at radius 3 is 2.71 bits per heavy atom. The van der Waals surface area contributed by atoms with E-state index in [4.69, 9.17) is 0 Å². The van der Waals surface area contributed by atoms with Gasteiger partial charge < -0.3 is 5.11 Å². The maximum absolute atomic E-state index is 12.8. The first kappa shape index (κ1) is 15.5. The smallest absolute Gasteiger partial charge is 0.231 e. The number of hydrogen-bond donors (Lipinski definition) is 1. The average Bonchev–Trinajstić information content (AvgIpc) is 3.25. The number of allylic oxidation sites excluding steroid dienone is 1. The summed E-state index contributed by atoms with van der Waals surface area (Å²) < 4.78 is 0. The molecule has 3 heterocycles. The number of carbonyl (C=O) groups excluding carboxylic acids is 1. The van der Waals surface area contributed by atoms with Gasteiger partial charge in [0.1, 0.15) is 0 Å². The first-order valence-electron chi connectivity index (χ1n) is 7.56. The zero-order valence-electron chi connectivity index (χ0n) is 12.7. The van der Waals surface area contributed by atoms with E-state index in [1.54, 1.807) is 11.3 Å². The number of aliphatic hydroxyl groups is 1. The molecule has 1 saturated heterocycles. The van der Waals surface area contributed by atoms with Gasteiger partial charge in [0, 0.05) is 22.8 Å².